The zero-order valence-electron chi connectivity index (χ0n) is 9.84. The van der Waals surface area contributed by atoms with Gasteiger partial charge in [0.1, 0.15) is 0 Å². The van der Waals surface area contributed by atoms with Crippen LogP contribution in [0.4, 0.5) is 0 Å². The summed E-state index contributed by atoms with van der Waals surface area (Å²) in [6.07, 6.45) is 3.88. The average molecular weight is 253 g/mol. The molecule has 0 aromatic rings. The highest BCUT2D eigenvalue weighted by atomic mass is 32.1. The molecule has 1 N–H and O–H groups in total. The van der Waals surface area contributed by atoms with Gasteiger partial charge in [0.2, 0.25) is 0 Å². The molecule has 2 aliphatic heterocycles. The number of thiocarbonyl (C=S) groups is 1. The van der Waals surface area contributed by atoms with Gasteiger partial charge < -0.3 is 9.64 Å². The van der Waals surface area contributed by atoms with Gasteiger partial charge in [-0.15, -0.1) is 0 Å². The molecule has 0 fully saturated rings. The minimum absolute atomic E-state index is 0.116. The van der Waals surface area contributed by atoms with Crippen molar-refractivity contribution in [3.63, 3.8) is 0 Å². The largest absolute Gasteiger partial charge is 0.377 e. The fourth-order valence-corrected chi connectivity index (χ4v) is 2.02. The quantitative estimate of drug-likeness (QED) is 0.740. The molecule has 0 bridgehead atoms. The van der Waals surface area contributed by atoms with E-state index in [4.69, 9.17) is 17.0 Å². The summed E-state index contributed by atoms with van der Waals surface area (Å²) in [6, 6.07) is -0.350. The van der Waals surface area contributed by atoms with Gasteiger partial charge in [-0.25, -0.2) is 4.99 Å². The standard InChI is InChI=1S/C11H15N3O2S/c1-7(2)16-6-5-14-4-3-8-9(14)10(15)13-11(17)12-8/h3-4,7,9H,5-6H2,1-2H3,(H,13,15,17). The van der Waals surface area contributed by atoms with Gasteiger partial charge >= 0.3 is 0 Å². The number of hydrogen-bond donors (Lipinski definition) is 1. The van der Waals surface area contributed by atoms with Crippen LogP contribution in [0.25, 0.3) is 0 Å². The fourth-order valence-electron chi connectivity index (χ4n) is 1.82. The number of hydrogen-bond acceptors (Lipinski definition) is 4. The molecule has 0 aliphatic carbocycles. The predicted octanol–water partition coefficient (Wildman–Crippen LogP) is 0.465. The number of aliphatic imine (C=N–C) groups is 1. The number of carbonyl (C=O) groups excluding carboxylic acids is 1. The maximum atomic E-state index is 11.8. The Morgan fingerprint density at radius 3 is 3.12 bits per heavy atom. The molecule has 6 heteroatoms. The van der Waals surface area contributed by atoms with Gasteiger partial charge in [0.15, 0.2) is 11.2 Å². The molecule has 0 saturated carbocycles. The van der Waals surface area contributed by atoms with Crippen LogP contribution in [0.1, 0.15) is 13.8 Å². The Kier molecular flexibility index (Phi) is 3.54. The summed E-state index contributed by atoms with van der Waals surface area (Å²) in [5, 5.41) is 2.80. The molecule has 2 rings (SSSR count). The number of fused-ring (bicyclic) bond motifs is 1. The Hall–Kier alpha value is -1.27. The SMILES string of the molecule is CC(C)OCCN1C=CC2=NC(=S)NC(=O)C21. The number of ether oxygens (including phenoxy) is 1. The second-order valence-electron chi connectivity index (χ2n) is 4.21. The van der Waals surface area contributed by atoms with Crippen LogP contribution in [-0.4, -0.2) is 46.9 Å². The van der Waals surface area contributed by atoms with Crippen molar-refractivity contribution in [2.45, 2.75) is 26.0 Å². The molecule has 5 nitrogen and oxygen atoms in total. The highest BCUT2D eigenvalue weighted by Crippen LogP contribution is 2.15. The molecule has 1 amide bonds. The van der Waals surface area contributed by atoms with Crippen molar-refractivity contribution in [3.8, 4) is 0 Å². The molecule has 17 heavy (non-hydrogen) atoms. The van der Waals surface area contributed by atoms with E-state index in [2.05, 4.69) is 10.3 Å². The first-order valence-corrected chi connectivity index (χ1v) is 5.97. The minimum Gasteiger partial charge on any atom is -0.377 e. The van der Waals surface area contributed by atoms with Gasteiger partial charge in [0.05, 0.1) is 18.4 Å². The van der Waals surface area contributed by atoms with Gasteiger partial charge in [-0.1, -0.05) is 0 Å². The second kappa shape index (κ2) is 4.93. The summed E-state index contributed by atoms with van der Waals surface area (Å²) in [5.74, 6) is -0.116. The maximum Gasteiger partial charge on any atom is 0.255 e. The van der Waals surface area contributed by atoms with Crippen LogP contribution in [0.2, 0.25) is 0 Å². The van der Waals surface area contributed by atoms with Crippen LogP contribution >= 0.6 is 12.2 Å². The lowest BCUT2D eigenvalue weighted by molar-refractivity contribution is -0.122. The van der Waals surface area contributed by atoms with Crippen molar-refractivity contribution in [3.05, 3.63) is 12.3 Å². The topological polar surface area (TPSA) is 53.9 Å². The third kappa shape index (κ3) is 2.70. The first-order chi connectivity index (χ1) is 8.08. The summed E-state index contributed by atoms with van der Waals surface area (Å²) in [6.45, 7) is 5.22. The summed E-state index contributed by atoms with van der Waals surface area (Å²) < 4.78 is 5.47. The van der Waals surface area contributed by atoms with Crippen molar-refractivity contribution < 1.29 is 9.53 Å². The lowest BCUT2D eigenvalue weighted by Gasteiger charge is -2.27. The Bertz CT molecular complexity index is 404. The highest BCUT2D eigenvalue weighted by Gasteiger charge is 2.35. The summed E-state index contributed by atoms with van der Waals surface area (Å²) in [4.78, 5) is 17.8. The molecule has 0 aromatic heterocycles. The molecule has 2 aliphatic rings. The lowest BCUT2D eigenvalue weighted by atomic mass is 10.1. The molecule has 0 aromatic carbocycles. The van der Waals surface area contributed by atoms with Crippen molar-refractivity contribution >= 4 is 28.9 Å². The van der Waals surface area contributed by atoms with Crippen molar-refractivity contribution in [2.75, 3.05) is 13.2 Å². The van der Waals surface area contributed by atoms with Crippen LogP contribution in [0.5, 0.6) is 0 Å². The molecule has 1 unspecified atom stereocenters. The second-order valence-corrected chi connectivity index (χ2v) is 4.59. The van der Waals surface area contributed by atoms with Gasteiger partial charge in [-0.2, -0.15) is 0 Å². The van der Waals surface area contributed by atoms with E-state index in [-0.39, 0.29) is 23.2 Å². The van der Waals surface area contributed by atoms with Gasteiger partial charge in [0.25, 0.3) is 5.91 Å². The Morgan fingerprint density at radius 2 is 2.41 bits per heavy atom. The fraction of sp³-hybridized carbons (Fsp3) is 0.545. The molecule has 0 spiro atoms. The number of nitrogens with zero attached hydrogens (tertiary/aromatic N) is 2. The van der Waals surface area contributed by atoms with E-state index in [1.807, 2.05) is 31.0 Å². The van der Waals surface area contributed by atoms with Crippen molar-refractivity contribution in [1.82, 2.24) is 10.2 Å². The molecule has 0 radical (unpaired) electrons. The molecular weight excluding hydrogens is 238 g/mol. The van der Waals surface area contributed by atoms with Crippen molar-refractivity contribution in [2.24, 2.45) is 4.99 Å². The van der Waals surface area contributed by atoms with Crippen molar-refractivity contribution in [1.29, 1.82) is 0 Å². The van der Waals surface area contributed by atoms with Gasteiger partial charge in [0, 0.05) is 12.7 Å². The van der Waals surface area contributed by atoms with Crippen LogP contribution in [0.3, 0.4) is 0 Å². The summed E-state index contributed by atoms with van der Waals surface area (Å²) in [7, 11) is 0. The van der Waals surface area contributed by atoms with E-state index in [0.29, 0.717) is 18.9 Å². The molecule has 2 heterocycles. The van der Waals surface area contributed by atoms with Gasteiger partial charge in [-0.3, -0.25) is 10.1 Å². The molecule has 1 atom stereocenters. The average Bonchev–Trinajstić information content (AvgIpc) is 2.60. The molecular formula is C11H15N3O2S. The number of nitrogens with one attached hydrogen (secondary N) is 1. The Morgan fingerprint density at radius 1 is 1.65 bits per heavy atom. The van der Waals surface area contributed by atoms with E-state index in [1.165, 1.54) is 0 Å². The monoisotopic (exact) mass is 253 g/mol. The maximum absolute atomic E-state index is 11.8. The third-order valence-electron chi connectivity index (χ3n) is 2.56. The first-order valence-electron chi connectivity index (χ1n) is 5.57. The zero-order valence-corrected chi connectivity index (χ0v) is 10.7. The predicted molar refractivity (Wildman–Crippen MR) is 68.9 cm³/mol. The van der Waals surface area contributed by atoms with Crippen LogP contribution in [0.15, 0.2) is 17.3 Å². The summed E-state index contributed by atoms with van der Waals surface area (Å²) >= 11 is 4.87. The van der Waals surface area contributed by atoms with Crippen LogP contribution < -0.4 is 5.32 Å². The number of rotatable bonds is 4. The van der Waals surface area contributed by atoms with Gasteiger partial charge in [-0.05, 0) is 32.1 Å². The summed E-state index contributed by atoms with van der Waals surface area (Å²) in [5.41, 5.74) is 0.711. The van der Waals surface area contributed by atoms with Crippen LogP contribution in [-0.2, 0) is 9.53 Å². The number of carbonyl (C=O) groups is 1. The number of amides is 1. The smallest absolute Gasteiger partial charge is 0.255 e. The highest BCUT2D eigenvalue weighted by molar-refractivity contribution is 7.80. The minimum atomic E-state index is -0.350. The molecule has 0 saturated heterocycles. The van der Waals surface area contributed by atoms with E-state index in [1.54, 1.807) is 0 Å². The van der Waals surface area contributed by atoms with E-state index < -0.39 is 0 Å². The van der Waals surface area contributed by atoms with Crippen LogP contribution in [0, 0.1) is 0 Å². The zero-order chi connectivity index (χ0) is 12.4. The Labute approximate surface area is 106 Å². The van der Waals surface area contributed by atoms with E-state index in [9.17, 15) is 4.79 Å². The van der Waals surface area contributed by atoms with E-state index in [0.717, 1.165) is 0 Å². The third-order valence-corrected chi connectivity index (χ3v) is 2.75. The molecule has 92 valence electrons. The van der Waals surface area contributed by atoms with E-state index >= 15 is 0 Å². The lowest BCUT2D eigenvalue weighted by Crippen LogP contribution is -2.51. The Balaban J connectivity index is 1.98. The normalized spacial score (nSPS) is 22.9. The first kappa shape index (κ1) is 12.2.